The van der Waals surface area contributed by atoms with Gasteiger partial charge in [-0.05, 0) is 73.6 Å². The van der Waals surface area contributed by atoms with Gasteiger partial charge < -0.3 is 4.90 Å². The van der Waals surface area contributed by atoms with Crippen molar-refractivity contribution < 1.29 is 0 Å². The quantitative estimate of drug-likeness (QED) is 0.227. The lowest BCUT2D eigenvalue weighted by atomic mass is 9.90. The zero-order chi connectivity index (χ0) is 27.0. The van der Waals surface area contributed by atoms with Crippen LogP contribution in [0.2, 0.25) is 0 Å². The van der Waals surface area contributed by atoms with Crippen molar-refractivity contribution in [2.24, 2.45) is 11.8 Å². The minimum absolute atomic E-state index is 0.628. The van der Waals surface area contributed by atoms with E-state index in [0.717, 1.165) is 40.4 Å². The molecule has 39 heavy (non-hydrogen) atoms. The highest BCUT2D eigenvalue weighted by Gasteiger charge is 2.19. The van der Waals surface area contributed by atoms with Gasteiger partial charge in [0, 0.05) is 49.7 Å². The number of rotatable bonds is 10. The van der Waals surface area contributed by atoms with Crippen molar-refractivity contribution in [3.8, 4) is 11.5 Å². The number of benzene rings is 1. The Morgan fingerprint density at radius 1 is 0.821 bits per heavy atom. The van der Waals surface area contributed by atoms with Crippen molar-refractivity contribution >= 4 is 5.69 Å². The van der Waals surface area contributed by atoms with Crippen LogP contribution in [-0.4, -0.2) is 38.0 Å². The minimum Gasteiger partial charge on any atom is -0.372 e. The molecule has 0 N–H and O–H groups in total. The van der Waals surface area contributed by atoms with Crippen LogP contribution in [0.4, 0.5) is 5.69 Å². The lowest BCUT2D eigenvalue weighted by molar-refractivity contribution is 0.358. The van der Waals surface area contributed by atoms with E-state index >= 15 is 0 Å². The number of pyridine rings is 1. The first-order chi connectivity index (χ1) is 19.0. The average Bonchev–Trinajstić information content (AvgIpc) is 2.94. The molecule has 1 aliphatic heterocycles. The molecule has 6 heteroatoms. The summed E-state index contributed by atoms with van der Waals surface area (Å²) in [6, 6.07) is 18.8. The summed E-state index contributed by atoms with van der Waals surface area (Å²) in [5, 5.41) is 0. The monoisotopic (exact) mass is 520 g/mol. The van der Waals surface area contributed by atoms with Gasteiger partial charge in [-0.15, -0.1) is 0 Å². The lowest BCUT2D eigenvalue weighted by Gasteiger charge is -2.34. The van der Waals surface area contributed by atoms with Gasteiger partial charge in [-0.1, -0.05) is 51.3 Å². The maximum atomic E-state index is 4.84. The van der Waals surface area contributed by atoms with E-state index in [1.807, 2.05) is 43.5 Å². The summed E-state index contributed by atoms with van der Waals surface area (Å²) in [6.07, 6.45) is 11.8. The molecule has 0 radical (unpaired) electrons. The molecule has 0 aliphatic carbocycles. The Morgan fingerprint density at radius 2 is 1.56 bits per heavy atom. The zero-order valence-electron chi connectivity index (χ0n) is 23.6. The molecule has 0 spiro atoms. The number of aryl methyl sites for hydroxylation is 1. The summed E-state index contributed by atoms with van der Waals surface area (Å²) in [7, 11) is 0. The second-order valence-electron chi connectivity index (χ2n) is 11.3. The van der Waals surface area contributed by atoms with Gasteiger partial charge in [0.1, 0.15) is 11.5 Å². The molecule has 3 aromatic heterocycles. The Morgan fingerprint density at radius 3 is 2.31 bits per heavy atom. The number of anilines is 1. The van der Waals surface area contributed by atoms with E-state index in [4.69, 9.17) is 9.97 Å². The molecule has 0 bridgehead atoms. The molecule has 1 aromatic carbocycles. The highest BCUT2D eigenvalue weighted by molar-refractivity contribution is 5.49. The summed E-state index contributed by atoms with van der Waals surface area (Å²) in [5.74, 6) is 3.19. The second kappa shape index (κ2) is 12.9. The van der Waals surface area contributed by atoms with E-state index in [1.54, 1.807) is 6.20 Å². The van der Waals surface area contributed by atoms with Crippen LogP contribution in [0.25, 0.3) is 11.5 Å². The van der Waals surface area contributed by atoms with Crippen LogP contribution < -0.4 is 4.90 Å². The van der Waals surface area contributed by atoms with Gasteiger partial charge in [0.25, 0.3) is 0 Å². The van der Waals surface area contributed by atoms with E-state index in [2.05, 4.69) is 58.0 Å². The Balaban J connectivity index is 1.16. The number of aromatic nitrogens is 5. The summed E-state index contributed by atoms with van der Waals surface area (Å²) in [4.78, 5) is 25.6. The summed E-state index contributed by atoms with van der Waals surface area (Å²) >= 11 is 0. The van der Waals surface area contributed by atoms with Gasteiger partial charge in [0.05, 0.1) is 11.4 Å². The topological polar surface area (TPSA) is 67.7 Å². The molecule has 5 rings (SSSR count). The smallest absolute Gasteiger partial charge is 0.178 e. The van der Waals surface area contributed by atoms with E-state index in [0.29, 0.717) is 18.7 Å². The Hall–Kier alpha value is -3.67. The highest BCUT2D eigenvalue weighted by Crippen LogP contribution is 2.27. The van der Waals surface area contributed by atoms with Gasteiger partial charge in [-0.25, -0.2) is 24.9 Å². The van der Waals surface area contributed by atoms with Crippen LogP contribution in [0, 0.1) is 18.8 Å². The van der Waals surface area contributed by atoms with E-state index in [9.17, 15) is 0 Å². The van der Waals surface area contributed by atoms with Crippen molar-refractivity contribution in [2.75, 3.05) is 18.0 Å². The minimum atomic E-state index is 0.628. The fourth-order valence-electron chi connectivity index (χ4n) is 5.40. The molecule has 0 unspecified atom stereocenters. The first kappa shape index (κ1) is 26.9. The van der Waals surface area contributed by atoms with Crippen LogP contribution >= 0.6 is 0 Å². The molecule has 0 saturated carbocycles. The third kappa shape index (κ3) is 7.69. The molecular weight excluding hydrogens is 480 g/mol. The SMILES string of the molecule is Cc1cccc(-c2nccc(Cc3ccnc(Cc4ccc(N5CCC(CCCC(C)C)CC5)cc4)n3)n2)n1. The molecule has 1 aliphatic rings. The van der Waals surface area contributed by atoms with Crippen LogP contribution in [0.5, 0.6) is 0 Å². The van der Waals surface area contributed by atoms with Crippen molar-refractivity contribution in [3.63, 3.8) is 0 Å². The molecule has 202 valence electrons. The van der Waals surface area contributed by atoms with E-state index in [1.165, 1.54) is 56.4 Å². The number of hydrogen-bond acceptors (Lipinski definition) is 6. The van der Waals surface area contributed by atoms with Crippen molar-refractivity contribution in [2.45, 2.75) is 65.7 Å². The normalized spacial score (nSPS) is 14.2. The van der Waals surface area contributed by atoms with Crippen LogP contribution in [0.3, 0.4) is 0 Å². The fourth-order valence-corrected chi connectivity index (χ4v) is 5.40. The molecular formula is C33H40N6. The van der Waals surface area contributed by atoms with Crippen LogP contribution in [0.1, 0.15) is 74.4 Å². The van der Waals surface area contributed by atoms with Crippen molar-refractivity contribution in [3.05, 3.63) is 95.5 Å². The lowest BCUT2D eigenvalue weighted by Crippen LogP contribution is -2.33. The molecule has 6 nitrogen and oxygen atoms in total. The molecule has 4 heterocycles. The zero-order valence-corrected chi connectivity index (χ0v) is 23.6. The highest BCUT2D eigenvalue weighted by atomic mass is 15.1. The Bertz CT molecular complexity index is 1340. The van der Waals surface area contributed by atoms with Gasteiger partial charge in [0.15, 0.2) is 5.82 Å². The first-order valence-electron chi connectivity index (χ1n) is 14.4. The first-order valence-corrected chi connectivity index (χ1v) is 14.4. The third-order valence-corrected chi connectivity index (χ3v) is 7.63. The van der Waals surface area contributed by atoms with Gasteiger partial charge in [-0.2, -0.15) is 0 Å². The summed E-state index contributed by atoms with van der Waals surface area (Å²) in [6.45, 7) is 8.97. The van der Waals surface area contributed by atoms with E-state index in [-0.39, 0.29) is 0 Å². The molecule has 0 atom stereocenters. The Kier molecular flexibility index (Phi) is 8.92. The molecule has 1 saturated heterocycles. The summed E-state index contributed by atoms with van der Waals surface area (Å²) < 4.78 is 0. The predicted octanol–water partition coefficient (Wildman–Crippen LogP) is 6.86. The summed E-state index contributed by atoms with van der Waals surface area (Å²) in [5.41, 5.74) is 6.17. The maximum Gasteiger partial charge on any atom is 0.178 e. The third-order valence-electron chi connectivity index (χ3n) is 7.63. The standard InChI is InChI=1S/C33H40N6/c1-24(2)6-4-8-26-16-20-39(21-17-26)30-12-10-27(11-13-30)22-32-34-18-14-28(37-32)23-29-15-19-35-33(38-29)31-9-5-7-25(3)36-31/h5,7,9-15,18-19,24,26H,4,6,8,16-17,20-23H2,1-3H3. The van der Waals surface area contributed by atoms with Gasteiger partial charge in [-0.3, -0.25) is 0 Å². The molecule has 4 aromatic rings. The average molecular weight is 521 g/mol. The number of piperidine rings is 1. The predicted molar refractivity (Wildman–Crippen MR) is 158 cm³/mol. The fraction of sp³-hybridized carbons (Fsp3) is 0.424. The van der Waals surface area contributed by atoms with Crippen LogP contribution in [-0.2, 0) is 12.8 Å². The largest absolute Gasteiger partial charge is 0.372 e. The molecule has 0 amide bonds. The second-order valence-corrected chi connectivity index (χ2v) is 11.3. The van der Waals surface area contributed by atoms with Gasteiger partial charge >= 0.3 is 0 Å². The number of nitrogens with zero attached hydrogens (tertiary/aromatic N) is 6. The van der Waals surface area contributed by atoms with Crippen LogP contribution in [0.15, 0.2) is 67.0 Å². The van der Waals surface area contributed by atoms with E-state index < -0.39 is 0 Å². The van der Waals surface area contributed by atoms with Gasteiger partial charge in [0.2, 0.25) is 0 Å². The Labute approximate surface area is 233 Å². The number of hydrogen-bond donors (Lipinski definition) is 0. The maximum absolute atomic E-state index is 4.84. The molecule has 1 fully saturated rings. The van der Waals surface area contributed by atoms with Crippen molar-refractivity contribution in [1.82, 2.24) is 24.9 Å². The van der Waals surface area contributed by atoms with Crippen molar-refractivity contribution in [1.29, 1.82) is 0 Å².